The molecule has 3 aromatic rings. The number of aliphatic imine (C=N–C) groups is 1. The largest absolute Gasteiger partial charge is 0.468 e. The third-order valence-corrected chi connectivity index (χ3v) is 4.03. The molecule has 29 heavy (non-hydrogen) atoms. The minimum absolute atomic E-state index is 0.0155. The van der Waals surface area contributed by atoms with E-state index < -0.39 is 0 Å². The van der Waals surface area contributed by atoms with Gasteiger partial charge in [0.1, 0.15) is 5.75 Å². The first-order valence-electron chi connectivity index (χ1n) is 9.32. The molecule has 0 spiro atoms. The maximum atomic E-state index is 10.6. The van der Waals surface area contributed by atoms with Gasteiger partial charge in [0.15, 0.2) is 12.8 Å². The Labute approximate surface area is 169 Å². The number of guanidine groups is 1. The van der Waals surface area contributed by atoms with Crippen molar-refractivity contribution in [3.8, 4) is 17.0 Å². The van der Waals surface area contributed by atoms with Crippen molar-refractivity contribution in [1.29, 1.82) is 0 Å². The SMILES string of the molecule is CC(C)COCOc1cccc(-c2cc(N=C(N)NC=O)c3ccccc3n2)c1. The number of aromatic nitrogens is 1. The minimum atomic E-state index is 0.0155. The normalized spacial score (nSPS) is 11.6. The Kier molecular flexibility index (Phi) is 6.76. The van der Waals surface area contributed by atoms with E-state index in [9.17, 15) is 4.79 Å². The van der Waals surface area contributed by atoms with Gasteiger partial charge in [-0.3, -0.25) is 10.1 Å². The summed E-state index contributed by atoms with van der Waals surface area (Å²) in [6.45, 7) is 5.01. The summed E-state index contributed by atoms with van der Waals surface area (Å²) in [6.07, 6.45) is 0.491. The molecule has 1 heterocycles. The number of carbonyl (C=O) groups excluding carboxylic acids is 1. The van der Waals surface area contributed by atoms with Crippen molar-refractivity contribution < 1.29 is 14.3 Å². The summed E-state index contributed by atoms with van der Waals surface area (Å²) in [7, 11) is 0. The fraction of sp³-hybridized carbons (Fsp3) is 0.227. The Balaban J connectivity index is 1.92. The minimum Gasteiger partial charge on any atom is -0.468 e. The van der Waals surface area contributed by atoms with Crippen LogP contribution in [0.2, 0.25) is 0 Å². The number of para-hydroxylation sites is 1. The molecule has 3 rings (SSSR count). The molecule has 3 N–H and O–H groups in total. The van der Waals surface area contributed by atoms with Crippen LogP contribution in [0.1, 0.15) is 13.8 Å². The Morgan fingerprint density at radius 3 is 2.83 bits per heavy atom. The van der Waals surface area contributed by atoms with Crippen molar-refractivity contribution in [2.24, 2.45) is 16.6 Å². The summed E-state index contributed by atoms with van der Waals surface area (Å²) >= 11 is 0. The molecule has 150 valence electrons. The molecule has 0 saturated heterocycles. The van der Waals surface area contributed by atoms with Gasteiger partial charge in [-0.15, -0.1) is 0 Å². The van der Waals surface area contributed by atoms with Gasteiger partial charge in [-0.25, -0.2) is 9.98 Å². The highest BCUT2D eigenvalue weighted by molar-refractivity contribution is 5.97. The summed E-state index contributed by atoms with van der Waals surface area (Å²) in [5, 5.41) is 3.19. The molecule has 0 aliphatic carbocycles. The first-order valence-corrected chi connectivity index (χ1v) is 9.32. The molecule has 0 aliphatic rings. The second-order valence-corrected chi connectivity index (χ2v) is 6.86. The van der Waals surface area contributed by atoms with Crippen LogP contribution in [-0.2, 0) is 9.53 Å². The van der Waals surface area contributed by atoms with E-state index in [0.29, 0.717) is 30.4 Å². The van der Waals surface area contributed by atoms with Gasteiger partial charge in [-0.1, -0.05) is 44.2 Å². The lowest BCUT2D eigenvalue weighted by Gasteiger charge is -2.11. The number of hydrogen-bond donors (Lipinski definition) is 2. The topological polar surface area (TPSA) is 98.8 Å². The van der Waals surface area contributed by atoms with Crippen molar-refractivity contribution in [2.75, 3.05) is 13.4 Å². The van der Waals surface area contributed by atoms with E-state index in [1.807, 2.05) is 54.6 Å². The number of hydrogen-bond acceptors (Lipinski definition) is 5. The van der Waals surface area contributed by atoms with Gasteiger partial charge in [-0.05, 0) is 30.2 Å². The number of amides is 1. The summed E-state index contributed by atoms with van der Waals surface area (Å²) in [5.74, 6) is 1.15. The van der Waals surface area contributed by atoms with E-state index in [1.54, 1.807) is 0 Å². The molecule has 7 heteroatoms. The third-order valence-electron chi connectivity index (χ3n) is 4.03. The van der Waals surface area contributed by atoms with Gasteiger partial charge in [0.25, 0.3) is 0 Å². The summed E-state index contributed by atoms with van der Waals surface area (Å²) in [4.78, 5) is 19.7. The quantitative estimate of drug-likeness (QED) is 0.201. The zero-order valence-electron chi connectivity index (χ0n) is 16.5. The molecule has 7 nitrogen and oxygen atoms in total. The highest BCUT2D eigenvalue weighted by Gasteiger charge is 2.09. The number of nitrogens with one attached hydrogen (secondary N) is 1. The van der Waals surface area contributed by atoms with Crippen LogP contribution in [0.15, 0.2) is 59.6 Å². The lowest BCUT2D eigenvalue weighted by Crippen LogP contribution is -2.29. The van der Waals surface area contributed by atoms with Crippen molar-refractivity contribution in [3.05, 3.63) is 54.6 Å². The van der Waals surface area contributed by atoms with E-state index in [2.05, 4.69) is 24.2 Å². The molecule has 0 aliphatic heterocycles. The van der Waals surface area contributed by atoms with Crippen LogP contribution in [0.3, 0.4) is 0 Å². The first-order chi connectivity index (χ1) is 14.1. The molecule has 2 aromatic carbocycles. The Morgan fingerprint density at radius 1 is 1.21 bits per heavy atom. The third kappa shape index (κ3) is 5.52. The smallest absolute Gasteiger partial charge is 0.213 e. The number of nitrogens with two attached hydrogens (primary N) is 1. The van der Waals surface area contributed by atoms with Crippen molar-refractivity contribution in [1.82, 2.24) is 10.3 Å². The van der Waals surface area contributed by atoms with Crippen molar-refractivity contribution in [2.45, 2.75) is 13.8 Å². The Bertz CT molecular complexity index is 1020. The summed E-state index contributed by atoms with van der Waals surface area (Å²) < 4.78 is 11.2. The lowest BCUT2D eigenvalue weighted by molar-refractivity contribution is -0.108. The van der Waals surface area contributed by atoms with E-state index in [-0.39, 0.29) is 12.8 Å². The van der Waals surface area contributed by atoms with Crippen LogP contribution in [0.4, 0.5) is 5.69 Å². The molecule has 0 fully saturated rings. The van der Waals surface area contributed by atoms with Gasteiger partial charge in [0, 0.05) is 10.9 Å². The molecule has 0 bridgehead atoms. The second-order valence-electron chi connectivity index (χ2n) is 6.86. The summed E-state index contributed by atoms with van der Waals surface area (Å²) in [5.41, 5.74) is 8.74. The van der Waals surface area contributed by atoms with Crippen molar-refractivity contribution in [3.63, 3.8) is 0 Å². The summed E-state index contributed by atoms with van der Waals surface area (Å²) in [6, 6.07) is 17.1. The maximum Gasteiger partial charge on any atom is 0.213 e. The van der Waals surface area contributed by atoms with Gasteiger partial charge >= 0.3 is 0 Å². The van der Waals surface area contributed by atoms with Crippen LogP contribution in [0.5, 0.6) is 5.75 Å². The fourth-order valence-corrected chi connectivity index (χ4v) is 2.76. The molecule has 0 saturated carbocycles. The number of fused-ring (bicyclic) bond motifs is 1. The van der Waals surface area contributed by atoms with Gasteiger partial charge in [-0.2, -0.15) is 0 Å². The molecule has 0 radical (unpaired) electrons. The van der Waals surface area contributed by atoms with E-state index >= 15 is 0 Å². The van der Waals surface area contributed by atoms with Crippen molar-refractivity contribution >= 4 is 29.0 Å². The van der Waals surface area contributed by atoms with Crippen LogP contribution in [-0.4, -0.2) is 30.8 Å². The van der Waals surface area contributed by atoms with E-state index in [4.69, 9.17) is 20.2 Å². The molecule has 0 unspecified atom stereocenters. The van der Waals surface area contributed by atoms with E-state index in [1.165, 1.54) is 0 Å². The van der Waals surface area contributed by atoms with Gasteiger partial charge < -0.3 is 15.2 Å². The number of benzene rings is 2. The second kappa shape index (κ2) is 9.66. The number of nitrogens with zero attached hydrogens (tertiary/aromatic N) is 2. The molecular formula is C22H24N4O3. The monoisotopic (exact) mass is 392 g/mol. The average molecular weight is 392 g/mol. The predicted molar refractivity (Wildman–Crippen MR) is 114 cm³/mol. The predicted octanol–water partition coefficient (Wildman–Crippen LogP) is 3.60. The zero-order valence-corrected chi connectivity index (χ0v) is 16.5. The highest BCUT2D eigenvalue weighted by Crippen LogP contribution is 2.31. The number of pyridine rings is 1. The van der Waals surface area contributed by atoms with Crippen LogP contribution in [0.25, 0.3) is 22.2 Å². The maximum absolute atomic E-state index is 10.6. The first kappa shape index (κ1) is 20.3. The molecular weight excluding hydrogens is 368 g/mol. The van der Waals surface area contributed by atoms with Crippen LogP contribution < -0.4 is 15.8 Å². The molecule has 1 amide bonds. The van der Waals surface area contributed by atoms with E-state index in [0.717, 1.165) is 22.2 Å². The highest BCUT2D eigenvalue weighted by atomic mass is 16.7. The molecule has 0 atom stereocenters. The Hall–Kier alpha value is -3.45. The van der Waals surface area contributed by atoms with Crippen LogP contribution in [0, 0.1) is 5.92 Å². The zero-order chi connectivity index (χ0) is 20.6. The number of carbonyl (C=O) groups is 1. The van der Waals surface area contributed by atoms with Gasteiger partial charge in [0.2, 0.25) is 6.41 Å². The van der Waals surface area contributed by atoms with Crippen LogP contribution >= 0.6 is 0 Å². The van der Waals surface area contributed by atoms with Gasteiger partial charge in [0.05, 0.1) is 23.5 Å². The molecule has 1 aromatic heterocycles. The standard InChI is InChI=1S/C22H24N4O3/c1-15(2)12-28-14-29-17-7-5-6-16(10-17)20-11-21(26-22(23)24-13-27)18-8-3-4-9-19(18)25-20/h3-11,13,15H,12,14H2,1-2H3,(H3,23,24,25,26,27). The lowest BCUT2D eigenvalue weighted by atomic mass is 10.1. The average Bonchev–Trinajstić information content (AvgIpc) is 2.71. The Morgan fingerprint density at radius 2 is 2.03 bits per heavy atom. The fourth-order valence-electron chi connectivity index (χ4n) is 2.76. The number of ether oxygens (including phenoxy) is 2. The number of rotatable bonds is 8.